The monoisotopic (exact) mass is 207 g/mol. The van der Waals surface area contributed by atoms with Gasteiger partial charge in [0.1, 0.15) is 0 Å². The molecule has 15 heavy (non-hydrogen) atoms. The highest BCUT2D eigenvalue weighted by Crippen LogP contribution is 2.21. The zero-order valence-corrected chi connectivity index (χ0v) is 9.37. The second kappa shape index (κ2) is 5.34. The molecule has 1 N–H and O–H groups in total. The van der Waals surface area contributed by atoms with E-state index in [-0.39, 0.29) is 5.91 Å². The van der Waals surface area contributed by atoms with Gasteiger partial charge in [0.05, 0.1) is 0 Å². The van der Waals surface area contributed by atoms with Crippen molar-refractivity contribution in [2.24, 2.45) is 5.92 Å². The minimum Gasteiger partial charge on any atom is -0.353 e. The van der Waals surface area contributed by atoms with E-state index in [1.54, 1.807) is 0 Å². The van der Waals surface area contributed by atoms with Crippen molar-refractivity contribution in [3.63, 3.8) is 0 Å². The number of rotatable bonds is 3. The molecular weight excluding hydrogens is 186 g/mol. The summed E-state index contributed by atoms with van der Waals surface area (Å²) in [5.74, 6) is 0.770. The van der Waals surface area contributed by atoms with Crippen LogP contribution >= 0.6 is 0 Å². The minimum atomic E-state index is 0.262. The largest absolute Gasteiger partial charge is 0.353 e. The first-order valence-corrected chi connectivity index (χ1v) is 6.30. The van der Waals surface area contributed by atoms with Crippen molar-refractivity contribution in [3.8, 4) is 0 Å². The van der Waals surface area contributed by atoms with Crippen LogP contribution in [0.4, 0.5) is 0 Å². The van der Waals surface area contributed by atoms with E-state index in [9.17, 15) is 4.79 Å². The van der Waals surface area contributed by atoms with Gasteiger partial charge >= 0.3 is 0 Å². The van der Waals surface area contributed by atoms with Crippen LogP contribution in [0.1, 0.15) is 51.4 Å². The summed E-state index contributed by atoms with van der Waals surface area (Å²) in [5.41, 5.74) is 0. The number of amides is 1. The highest BCUT2D eigenvalue weighted by molar-refractivity contribution is 5.76. The molecule has 0 aromatic rings. The zero-order chi connectivity index (χ0) is 10.5. The maximum Gasteiger partial charge on any atom is 0.220 e. The van der Waals surface area contributed by atoms with E-state index >= 15 is 0 Å². The van der Waals surface area contributed by atoms with E-state index in [0.717, 1.165) is 12.8 Å². The predicted molar refractivity (Wildman–Crippen MR) is 61.5 cm³/mol. The topological polar surface area (TPSA) is 29.1 Å². The third-order valence-electron chi connectivity index (χ3n) is 3.53. The van der Waals surface area contributed by atoms with Gasteiger partial charge in [-0.3, -0.25) is 4.79 Å². The summed E-state index contributed by atoms with van der Waals surface area (Å²) in [6, 6.07) is 0.469. The van der Waals surface area contributed by atoms with Crippen molar-refractivity contribution in [2.75, 3.05) is 0 Å². The average molecular weight is 207 g/mol. The number of hydrogen-bond donors (Lipinski definition) is 1. The van der Waals surface area contributed by atoms with Crippen molar-refractivity contribution in [3.05, 3.63) is 12.2 Å². The molecule has 0 heterocycles. The van der Waals surface area contributed by atoms with Crippen LogP contribution in [0.25, 0.3) is 0 Å². The van der Waals surface area contributed by atoms with Gasteiger partial charge in [-0.15, -0.1) is 0 Å². The molecule has 2 aliphatic rings. The molecule has 1 saturated carbocycles. The Balaban J connectivity index is 1.69. The van der Waals surface area contributed by atoms with Gasteiger partial charge in [-0.25, -0.2) is 0 Å². The molecule has 0 saturated heterocycles. The Morgan fingerprint density at radius 2 is 2.00 bits per heavy atom. The van der Waals surface area contributed by atoms with Crippen LogP contribution in [0, 0.1) is 5.92 Å². The van der Waals surface area contributed by atoms with Gasteiger partial charge in [-0.05, 0) is 31.6 Å². The molecule has 2 aliphatic carbocycles. The standard InChI is InChI=1S/C13H21NO/c15-13(10-11-6-4-5-7-11)14-12-8-2-1-3-9-12/h4,6,11-12H,1-3,5,7-10H2,(H,14,15). The summed E-state index contributed by atoms with van der Waals surface area (Å²) >= 11 is 0. The van der Waals surface area contributed by atoms with Gasteiger partial charge in [0.25, 0.3) is 0 Å². The van der Waals surface area contributed by atoms with E-state index in [4.69, 9.17) is 0 Å². The van der Waals surface area contributed by atoms with Crippen LogP contribution in [-0.2, 0) is 4.79 Å². The Hall–Kier alpha value is -0.790. The lowest BCUT2D eigenvalue weighted by Gasteiger charge is -2.23. The summed E-state index contributed by atoms with van der Waals surface area (Å²) in [7, 11) is 0. The second-order valence-corrected chi connectivity index (χ2v) is 4.87. The first kappa shape index (κ1) is 10.7. The minimum absolute atomic E-state index is 0.262. The third kappa shape index (κ3) is 3.37. The molecule has 1 amide bonds. The van der Waals surface area contributed by atoms with Gasteiger partial charge in [0.2, 0.25) is 5.91 Å². The van der Waals surface area contributed by atoms with Crippen molar-refractivity contribution in [1.29, 1.82) is 0 Å². The van der Waals surface area contributed by atoms with Gasteiger partial charge in [-0.2, -0.15) is 0 Å². The smallest absolute Gasteiger partial charge is 0.220 e. The summed E-state index contributed by atoms with van der Waals surface area (Å²) < 4.78 is 0. The summed E-state index contributed by atoms with van der Waals surface area (Å²) in [4.78, 5) is 11.7. The summed E-state index contributed by atoms with van der Waals surface area (Å²) in [6.45, 7) is 0. The fraction of sp³-hybridized carbons (Fsp3) is 0.769. The molecular formula is C13H21NO. The molecule has 1 atom stereocenters. The van der Waals surface area contributed by atoms with Crippen molar-refractivity contribution >= 4 is 5.91 Å². The Bertz CT molecular complexity index is 241. The van der Waals surface area contributed by atoms with Crippen molar-refractivity contribution in [2.45, 2.75) is 57.4 Å². The lowest BCUT2D eigenvalue weighted by molar-refractivity contribution is -0.122. The SMILES string of the molecule is O=C(CC1C=CCC1)NC1CCCCC1. The van der Waals surface area contributed by atoms with E-state index in [0.29, 0.717) is 18.4 Å². The molecule has 0 aromatic carbocycles. The van der Waals surface area contributed by atoms with Crippen molar-refractivity contribution in [1.82, 2.24) is 5.32 Å². The lowest BCUT2D eigenvalue weighted by atomic mass is 9.95. The Kier molecular flexibility index (Phi) is 3.81. The normalized spacial score (nSPS) is 26.8. The number of carbonyl (C=O) groups is 1. The predicted octanol–water partition coefficient (Wildman–Crippen LogP) is 2.79. The highest BCUT2D eigenvalue weighted by Gasteiger charge is 2.18. The van der Waals surface area contributed by atoms with E-state index in [2.05, 4.69) is 17.5 Å². The molecule has 0 aliphatic heterocycles. The van der Waals surface area contributed by atoms with Gasteiger partial charge in [0, 0.05) is 12.5 Å². The quantitative estimate of drug-likeness (QED) is 0.708. The highest BCUT2D eigenvalue weighted by atomic mass is 16.1. The lowest BCUT2D eigenvalue weighted by Crippen LogP contribution is -2.36. The van der Waals surface area contributed by atoms with E-state index in [1.807, 2.05) is 0 Å². The van der Waals surface area contributed by atoms with Crippen LogP contribution in [0.2, 0.25) is 0 Å². The molecule has 0 radical (unpaired) electrons. The fourth-order valence-electron chi connectivity index (χ4n) is 2.64. The van der Waals surface area contributed by atoms with Gasteiger partial charge in [-0.1, -0.05) is 31.4 Å². The Morgan fingerprint density at radius 1 is 1.20 bits per heavy atom. The van der Waals surface area contributed by atoms with E-state index < -0.39 is 0 Å². The van der Waals surface area contributed by atoms with Crippen LogP contribution in [0.15, 0.2) is 12.2 Å². The fourth-order valence-corrected chi connectivity index (χ4v) is 2.64. The van der Waals surface area contributed by atoms with Gasteiger partial charge < -0.3 is 5.32 Å². The molecule has 2 rings (SSSR count). The Morgan fingerprint density at radius 3 is 2.67 bits per heavy atom. The molecule has 0 bridgehead atoms. The first-order chi connectivity index (χ1) is 7.34. The summed E-state index contributed by atoms with van der Waals surface area (Å²) in [6.07, 6.45) is 13.7. The Labute approximate surface area is 92.1 Å². The van der Waals surface area contributed by atoms with Crippen LogP contribution in [0.5, 0.6) is 0 Å². The zero-order valence-electron chi connectivity index (χ0n) is 9.37. The number of nitrogens with one attached hydrogen (secondary N) is 1. The molecule has 84 valence electrons. The van der Waals surface area contributed by atoms with Gasteiger partial charge in [0.15, 0.2) is 0 Å². The number of carbonyl (C=O) groups excluding carboxylic acids is 1. The number of allylic oxidation sites excluding steroid dienone is 2. The second-order valence-electron chi connectivity index (χ2n) is 4.87. The third-order valence-corrected chi connectivity index (χ3v) is 3.53. The maximum absolute atomic E-state index is 11.7. The molecule has 1 unspecified atom stereocenters. The molecule has 0 aromatic heterocycles. The van der Waals surface area contributed by atoms with Crippen LogP contribution in [0.3, 0.4) is 0 Å². The van der Waals surface area contributed by atoms with Crippen molar-refractivity contribution < 1.29 is 4.79 Å². The first-order valence-electron chi connectivity index (χ1n) is 6.30. The molecule has 2 heteroatoms. The maximum atomic E-state index is 11.7. The molecule has 1 fully saturated rings. The number of hydrogen-bond acceptors (Lipinski definition) is 1. The molecule has 2 nitrogen and oxygen atoms in total. The molecule has 0 spiro atoms. The van der Waals surface area contributed by atoms with Crippen LogP contribution < -0.4 is 5.32 Å². The summed E-state index contributed by atoms with van der Waals surface area (Å²) in [5, 5.41) is 3.17. The van der Waals surface area contributed by atoms with E-state index in [1.165, 1.54) is 32.1 Å². The van der Waals surface area contributed by atoms with Crippen LogP contribution in [-0.4, -0.2) is 11.9 Å². The average Bonchev–Trinajstić information content (AvgIpc) is 2.71.